The second-order valence-corrected chi connectivity index (χ2v) is 9.55. The third kappa shape index (κ3) is 2.36. The Hall–Kier alpha value is -0.450. The van der Waals surface area contributed by atoms with Gasteiger partial charge in [0.1, 0.15) is 5.54 Å². The fourth-order valence-electron chi connectivity index (χ4n) is 3.45. The highest BCUT2D eigenvalue weighted by atomic mass is 32.2. The molecule has 4 heteroatoms. The second kappa shape index (κ2) is 5.04. The molecule has 1 aliphatic carbocycles. The molecule has 0 aromatic heterocycles. The van der Waals surface area contributed by atoms with Gasteiger partial charge in [-0.25, -0.2) is 0 Å². The summed E-state index contributed by atoms with van der Waals surface area (Å²) in [4.78, 5) is 5.01. The fraction of sp³-hybridized carbons (Fsp3) is 0.588. The molecule has 1 aromatic rings. The summed E-state index contributed by atoms with van der Waals surface area (Å²) in [6, 6.07) is 10.6. The third-order valence-electron chi connectivity index (χ3n) is 4.61. The predicted molar refractivity (Wildman–Crippen MR) is 92.1 cm³/mol. The van der Waals surface area contributed by atoms with Gasteiger partial charge in [0.25, 0.3) is 0 Å². The minimum Gasteiger partial charge on any atom is -0.348 e. The highest BCUT2D eigenvalue weighted by Gasteiger charge is 2.61. The first-order chi connectivity index (χ1) is 10.1. The zero-order chi connectivity index (χ0) is 14.5. The molecule has 2 nitrogen and oxygen atoms in total. The molecule has 0 radical (unpaired) electrons. The Morgan fingerprint density at radius 3 is 2.81 bits per heavy atom. The van der Waals surface area contributed by atoms with Crippen LogP contribution in [-0.2, 0) is 11.2 Å². The van der Waals surface area contributed by atoms with Crippen molar-refractivity contribution >= 4 is 28.6 Å². The Morgan fingerprint density at radius 1 is 1.24 bits per heavy atom. The largest absolute Gasteiger partial charge is 0.348 e. The van der Waals surface area contributed by atoms with Gasteiger partial charge in [0.2, 0.25) is 0 Å². The van der Waals surface area contributed by atoms with E-state index in [1.807, 2.05) is 23.5 Å². The predicted octanol–water partition coefficient (Wildman–Crippen LogP) is 4.49. The molecule has 0 N–H and O–H groups in total. The highest BCUT2D eigenvalue weighted by molar-refractivity contribution is 8.26. The van der Waals surface area contributed by atoms with Crippen molar-refractivity contribution in [2.45, 2.75) is 60.7 Å². The normalized spacial score (nSPS) is 37.0. The van der Waals surface area contributed by atoms with Gasteiger partial charge in [0.05, 0.1) is 11.1 Å². The van der Waals surface area contributed by atoms with E-state index in [9.17, 15) is 0 Å². The summed E-state index contributed by atoms with van der Waals surface area (Å²) >= 11 is 3.91. The van der Waals surface area contributed by atoms with Gasteiger partial charge < -0.3 is 4.74 Å². The number of aliphatic imine (C=N–C) groups is 1. The number of ether oxygens (including phenoxy) is 1. The average Bonchev–Trinajstić information content (AvgIpc) is 3.04. The topological polar surface area (TPSA) is 21.6 Å². The van der Waals surface area contributed by atoms with E-state index in [-0.39, 0.29) is 9.80 Å². The number of fused-ring (bicyclic) bond motifs is 1. The van der Waals surface area contributed by atoms with E-state index in [4.69, 9.17) is 9.73 Å². The second-order valence-electron chi connectivity index (χ2n) is 6.63. The SMILES string of the molecule is CC1(C)N=C(Cc2ccccc2)S[C@]12O[C@@H]1CCC[C@H]1S2. The van der Waals surface area contributed by atoms with Crippen LogP contribution in [0.4, 0.5) is 0 Å². The summed E-state index contributed by atoms with van der Waals surface area (Å²) in [5.41, 5.74) is 1.19. The molecule has 4 rings (SSSR count). The molecule has 3 aliphatic rings. The zero-order valence-electron chi connectivity index (χ0n) is 12.5. The van der Waals surface area contributed by atoms with Crippen molar-refractivity contribution in [1.29, 1.82) is 0 Å². The van der Waals surface area contributed by atoms with Gasteiger partial charge in [0.15, 0.2) is 4.27 Å². The standard InChI is InChI=1S/C17H21NOS2/c1-16(2)17(19-13-9-6-10-14(13)20-17)21-15(18-16)11-12-7-4-3-5-8-12/h3-5,7-8,13-14H,6,9-11H2,1-2H3/t13-,14-,17+/m1/s1. The molecule has 2 heterocycles. The molecule has 21 heavy (non-hydrogen) atoms. The van der Waals surface area contributed by atoms with Crippen molar-refractivity contribution in [2.24, 2.45) is 4.99 Å². The number of benzene rings is 1. The summed E-state index contributed by atoms with van der Waals surface area (Å²) in [7, 11) is 0. The fourth-order valence-corrected chi connectivity index (χ4v) is 7.14. The van der Waals surface area contributed by atoms with Gasteiger partial charge in [-0.1, -0.05) is 42.1 Å². The summed E-state index contributed by atoms with van der Waals surface area (Å²) in [6.07, 6.45) is 5.23. The maximum atomic E-state index is 6.53. The first-order valence-corrected chi connectivity index (χ1v) is 9.45. The van der Waals surface area contributed by atoms with Crippen molar-refractivity contribution in [2.75, 3.05) is 0 Å². The summed E-state index contributed by atoms with van der Waals surface area (Å²) in [5.74, 6) is 0. The lowest BCUT2D eigenvalue weighted by Crippen LogP contribution is -2.40. The van der Waals surface area contributed by atoms with Gasteiger partial charge in [-0.05, 0) is 38.7 Å². The average molecular weight is 319 g/mol. The van der Waals surface area contributed by atoms with Crippen molar-refractivity contribution in [3.63, 3.8) is 0 Å². The lowest BCUT2D eigenvalue weighted by molar-refractivity contribution is 0.0123. The summed E-state index contributed by atoms with van der Waals surface area (Å²) < 4.78 is 6.34. The molecule has 1 saturated carbocycles. The van der Waals surface area contributed by atoms with Gasteiger partial charge in [-0.3, -0.25) is 4.99 Å². The van der Waals surface area contributed by atoms with Crippen LogP contribution in [0.1, 0.15) is 38.7 Å². The van der Waals surface area contributed by atoms with Gasteiger partial charge in [-0.15, -0.1) is 11.8 Å². The van der Waals surface area contributed by atoms with Gasteiger partial charge >= 0.3 is 0 Å². The molecule has 0 bridgehead atoms. The first-order valence-electron chi connectivity index (χ1n) is 7.75. The van der Waals surface area contributed by atoms with Crippen LogP contribution in [0, 0.1) is 0 Å². The molecular formula is C17H21NOS2. The maximum Gasteiger partial charge on any atom is 0.191 e. The Bertz CT molecular complexity index is 557. The third-order valence-corrected chi connectivity index (χ3v) is 8.23. The van der Waals surface area contributed by atoms with Crippen LogP contribution in [0.3, 0.4) is 0 Å². The van der Waals surface area contributed by atoms with Crippen LogP contribution >= 0.6 is 23.5 Å². The molecule has 0 unspecified atom stereocenters. The summed E-state index contributed by atoms with van der Waals surface area (Å²) in [6.45, 7) is 4.46. The van der Waals surface area contributed by atoms with E-state index >= 15 is 0 Å². The molecule has 1 aromatic carbocycles. The first kappa shape index (κ1) is 14.2. The van der Waals surface area contributed by atoms with E-state index in [1.54, 1.807) is 0 Å². The zero-order valence-corrected chi connectivity index (χ0v) is 14.2. The molecule has 0 amide bonds. The van der Waals surface area contributed by atoms with Crippen LogP contribution < -0.4 is 0 Å². The Kier molecular flexibility index (Phi) is 3.40. The van der Waals surface area contributed by atoms with Crippen LogP contribution in [0.2, 0.25) is 0 Å². The number of hydrogen-bond acceptors (Lipinski definition) is 4. The minimum absolute atomic E-state index is 0.142. The minimum atomic E-state index is -0.188. The number of nitrogens with zero attached hydrogens (tertiary/aromatic N) is 1. The molecule has 112 valence electrons. The number of thioether (sulfide) groups is 2. The number of hydrogen-bond donors (Lipinski definition) is 0. The molecular weight excluding hydrogens is 298 g/mol. The van der Waals surface area contributed by atoms with Crippen LogP contribution in [-0.4, -0.2) is 26.2 Å². The quantitative estimate of drug-likeness (QED) is 0.801. The monoisotopic (exact) mass is 319 g/mol. The van der Waals surface area contributed by atoms with Crippen molar-refractivity contribution < 1.29 is 4.74 Å². The van der Waals surface area contributed by atoms with Gasteiger partial charge in [-0.2, -0.15) is 0 Å². The van der Waals surface area contributed by atoms with Crippen molar-refractivity contribution in [1.82, 2.24) is 0 Å². The molecule has 1 saturated heterocycles. The Labute approximate surface area is 135 Å². The van der Waals surface area contributed by atoms with Crippen LogP contribution in [0.25, 0.3) is 0 Å². The van der Waals surface area contributed by atoms with Crippen molar-refractivity contribution in [3.8, 4) is 0 Å². The lowest BCUT2D eigenvalue weighted by atomic mass is 10.1. The Balaban J connectivity index is 1.55. The molecule has 2 fully saturated rings. The lowest BCUT2D eigenvalue weighted by Gasteiger charge is -2.34. The molecule has 3 atom stereocenters. The van der Waals surface area contributed by atoms with E-state index < -0.39 is 0 Å². The van der Waals surface area contributed by atoms with E-state index in [2.05, 4.69) is 44.2 Å². The number of rotatable bonds is 2. The highest BCUT2D eigenvalue weighted by Crippen LogP contribution is 2.62. The van der Waals surface area contributed by atoms with Crippen LogP contribution in [0.5, 0.6) is 0 Å². The smallest absolute Gasteiger partial charge is 0.191 e. The van der Waals surface area contributed by atoms with E-state index in [0.717, 1.165) is 6.42 Å². The summed E-state index contributed by atoms with van der Waals surface area (Å²) in [5, 5.41) is 1.90. The van der Waals surface area contributed by atoms with E-state index in [1.165, 1.54) is 29.9 Å². The van der Waals surface area contributed by atoms with Gasteiger partial charge in [0, 0.05) is 11.7 Å². The Morgan fingerprint density at radius 2 is 2.05 bits per heavy atom. The van der Waals surface area contributed by atoms with Crippen LogP contribution in [0.15, 0.2) is 35.3 Å². The van der Waals surface area contributed by atoms with E-state index in [0.29, 0.717) is 11.4 Å². The maximum absolute atomic E-state index is 6.53. The molecule has 1 spiro atoms. The molecule has 2 aliphatic heterocycles. The van der Waals surface area contributed by atoms with Crippen molar-refractivity contribution in [3.05, 3.63) is 35.9 Å².